The van der Waals surface area contributed by atoms with E-state index in [1.807, 2.05) is 0 Å². The zero-order chi connectivity index (χ0) is 16.5. The molecule has 2 aliphatic carbocycles. The minimum Gasteiger partial charge on any atom is -0.360 e. The van der Waals surface area contributed by atoms with E-state index in [-0.39, 0.29) is 17.1 Å². The van der Waals surface area contributed by atoms with Crippen molar-refractivity contribution in [1.82, 2.24) is 0 Å². The molecule has 0 saturated carbocycles. The Labute approximate surface area is 139 Å². The summed E-state index contributed by atoms with van der Waals surface area (Å²) in [4.78, 5) is 0. The second kappa shape index (κ2) is 4.93. The molecule has 0 amide bonds. The average molecular weight is 318 g/mol. The number of fused-ring (bicyclic) bond motifs is 2. The van der Waals surface area contributed by atoms with Gasteiger partial charge in [-0.25, -0.2) is 0 Å². The lowest BCUT2D eigenvalue weighted by Gasteiger charge is -2.42. The second-order valence-electron chi connectivity index (χ2n) is 8.70. The number of aliphatic hydroxyl groups is 1. The van der Waals surface area contributed by atoms with E-state index >= 15 is 0 Å². The summed E-state index contributed by atoms with van der Waals surface area (Å²) in [6, 6.07) is 0. The first kappa shape index (κ1) is 15.9. The predicted octanol–water partition coefficient (Wildman–Crippen LogP) is 4.12. The van der Waals surface area contributed by atoms with Crippen molar-refractivity contribution in [2.45, 2.75) is 83.7 Å². The third-order valence-electron chi connectivity index (χ3n) is 7.25. The number of allylic oxidation sites excluding steroid dienone is 2. The van der Waals surface area contributed by atoms with Crippen LogP contribution in [0.2, 0.25) is 0 Å². The molecule has 0 spiro atoms. The molecule has 5 atom stereocenters. The van der Waals surface area contributed by atoms with Crippen LogP contribution in [-0.4, -0.2) is 29.2 Å². The molecular formula is C20H30O3. The standard InChI is InChI=1S/C20H30O3/c1-13-6-5-10-19(4)17(23-19)20(21)15-8-7-14(2)18(3,11-9-13)16(15)12-22-20/h6,14,17,21H,5,7-12H2,1-4H3/b13-6-/t14-,17+,18+,19?,20?/m1/s1. The van der Waals surface area contributed by atoms with Gasteiger partial charge in [-0.15, -0.1) is 0 Å². The van der Waals surface area contributed by atoms with Crippen molar-refractivity contribution >= 4 is 0 Å². The molecule has 3 nitrogen and oxygen atoms in total. The number of rotatable bonds is 0. The zero-order valence-electron chi connectivity index (χ0n) is 14.9. The molecule has 23 heavy (non-hydrogen) atoms. The van der Waals surface area contributed by atoms with Crippen LogP contribution >= 0.6 is 0 Å². The van der Waals surface area contributed by atoms with Crippen molar-refractivity contribution in [3.05, 3.63) is 22.8 Å². The van der Waals surface area contributed by atoms with Gasteiger partial charge in [-0.2, -0.15) is 0 Å². The molecule has 2 unspecified atom stereocenters. The summed E-state index contributed by atoms with van der Waals surface area (Å²) < 4.78 is 12.0. The normalized spacial score (nSPS) is 52.1. The van der Waals surface area contributed by atoms with Crippen LogP contribution in [0.3, 0.4) is 0 Å². The molecule has 128 valence electrons. The van der Waals surface area contributed by atoms with Crippen molar-refractivity contribution in [2.75, 3.05) is 6.61 Å². The highest BCUT2D eigenvalue weighted by atomic mass is 16.7. The fraction of sp³-hybridized carbons (Fsp3) is 0.800. The summed E-state index contributed by atoms with van der Waals surface area (Å²) >= 11 is 0. The monoisotopic (exact) mass is 318 g/mol. The van der Waals surface area contributed by atoms with Gasteiger partial charge >= 0.3 is 0 Å². The Balaban J connectivity index is 1.79. The Bertz CT molecular complexity index is 592. The largest absolute Gasteiger partial charge is 0.360 e. The van der Waals surface area contributed by atoms with E-state index in [0.717, 1.165) is 44.1 Å². The van der Waals surface area contributed by atoms with Crippen LogP contribution in [0.1, 0.15) is 66.2 Å². The maximum atomic E-state index is 11.3. The highest BCUT2D eigenvalue weighted by Crippen LogP contribution is 2.59. The molecule has 1 N–H and O–H groups in total. The summed E-state index contributed by atoms with van der Waals surface area (Å²) in [7, 11) is 0. The molecule has 0 aromatic heterocycles. The topological polar surface area (TPSA) is 42.0 Å². The molecule has 1 saturated heterocycles. The van der Waals surface area contributed by atoms with E-state index in [1.165, 1.54) is 11.1 Å². The predicted molar refractivity (Wildman–Crippen MR) is 89.9 cm³/mol. The highest BCUT2D eigenvalue weighted by Gasteiger charge is 2.67. The van der Waals surface area contributed by atoms with Crippen LogP contribution in [0.25, 0.3) is 0 Å². The molecule has 0 aromatic carbocycles. The van der Waals surface area contributed by atoms with Crippen LogP contribution in [-0.2, 0) is 9.47 Å². The highest BCUT2D eigenvalue weighted by molar-refractivity contribution is 5.38. The first-order valence-corrected chi connectivity index (χ1v) is 9.22. The fourth-order valence-corrected chi connectivity index (χ4v) is 5.10. The summed E-state index contributed by atoms with van der Waals surface area (Å²) in [6.45, 7) is 9.70. The summed E-state index contributed by atoms with van der Waals surface area (Å²) in [6.07, 6.45) is 8.51. The van der Waals surface area contributed by atoms with E-state index < -0.39 is 5.79 Å². The van der Waals surface area contributed by atoms with Crippen molar-refractivity contribution in [3.8, 4) is 0 Å². The summed E-state index contributed by atoms with van der Waals surface area (Å²) in [5.74, 6) is -0.543. The van der Waals surface area contributed by atoms with Gasteiger partial charge in [0.1, 0.15) is 6.10 Å². The maximum Gasteiger partial charge on any atom is 0.219 e. The lowest BCUT2D eigenvalue weighted by molar-refractivity contribution is -0.169. The van der Waals surface area contributed by atoms with E-state index in [1.54, 1.807) is 0 Å². The van der Waals surface area contributed by atoms with Crippen LogP contribution in [0.4, 0.5) is 0 Å². The van der Waals surface area contributed by atoms with Gasteiger partial charge in [0.2, 0.25) is 5.79 Å². The molecule has 4 rings (SSSR count). The van der Waals surface area contributed by atoms with Crippen LogP contribution in [0.15, 0.2) is 22.8 Å². The smallest absolute Gasteiger partial charge is 0.219 e. The molecule has 3 heteroatoms. The minimum absolute atomic E-state index is 0.137. The summed E-state index contributed by atoms with van der Waals surface area (Å²) in [5.41, 5.74) is 3.89. The van der Waals surface area contributed by atoms with Crippen molar-refractivity contribution in [2.24, 2.45) is 11.3 Å². The molecule has 2 heterocycles. The minimum atomic E-state index is -1.18. The van der Waals surface area contributed by atoms with Gasteiger partial charge in [-0.05, 0) is 74.9 Å². The molecule has 0 aromatic rings. The average Bonchev–Trinajstić information content (AvgIpc) is 3.05. The number of hydrogen-bond acceptors (Lipinski definition) is 3. The number of ether oxygens (including phenoxy) is 2. The van der Waals surface area contributed by atoms with E-state index in [4.69, 9.17) is 9.47 Å². The van der Waals surface area contributed by atoms with Crippen LogP contribution in [0.5, 0.6) is 0 Å². The number of epoxide rings is 1. The lowest BCUT2D eigenvalue weighted by atomic mass is 9.62. The van der Waals surface area contributed by atoms with Crippen molar-refractivity contribution in [3.63, 3.8) is 0 Å². The van der Waals surface area contributed by atoms with Crippen molar-refractivity contribution < 1.29 is 14.6 Å². The third-order valence-corrected chi connectivity index (χ3v) is 7.25. The van der Waals surface area contributed by atoms with Gasteiger partial charge in [-0.1, -0.05) is 25.5 Å². The first-order chi connectivity index (χ1) is 10.8. The van der Waals surface area contributed by atoms with Gasteiger partial charge < -0.3 is 14.6 Å². The molecule has 4 bridgehead atoms. The Morgan fingerprint density at radius 1 is 1.17 bits per heavy atom. The summed E-state index contributed by atoms with van der Waals surface area (Å²) in [5, 5.41) is 11.3. The molecule has 0 radical (unpaired) electrons. The van der Waals surface area contributed by atoms with E-state index in [9.17, 15) is 5.11 Å². The quantitative estimate of drug-likeness (QED) is 0.540. The maximum absolute atomic E-state index is 11.3. The van der Waals surface area contributed by atoms with Gasteiger partial charge in [0, 0.05) is 0 Å². The van der Waals surface area contributed by atoms with Crippen LogP contribution < -0.4 is 0 Å². The van der Waals surface area contributed by atoms with Crippen molar-refractivity contribution in [1.29, 1.82) is 0 Å². The first-order valence-electron chi connectivity index (χ1n) is 9.22. The second-order valence-corrected chi connectivity index (χ2v) is 8.70. The van der Waals surface area contributed by atoms with Gasteiger partial charge in [-0.3, -0.25) is 0 Å². The van der Waals surface area contributed by atoms with Gasteiger partial charge in [0.25, 0.3) is 0 Å². The van der Waals surface area contributed by atoms with Gasteiger partial charge in [0.15, 0.2) is 0 Å². The Hall–Kier alpha value is -0.640. The van der Waals surface area contributed by atoms with Crippen LogP contribution in [0, 0.1) is 11.3 Å². The lowest BCUT2D eigenvalue weighted by Crippen LogP contribution is -2.42. The molecule has 1 fully saturated rings. The molecule has 2 aliphatic heterocycles. The SMILES string of the molecule is C/C1=C/CCC2(C)O[C@@H]2C2(O)OCC3=C2CC[C@@H](C)[C@]3(C)CC1. The fourth-order valence-electron chi connectivity index (χ4n) is 5.10. The Kier molecular flexibility index (Phi) is 3.40. The third kappa shape index (κ3) is 2.20. The van der Waals surface area contributed by atoms with Gasteiger partial charge in [0.05, 0.1) is 12.2 Å². The Morgan fingerprint density at radius 2 is 1.96 bits per heavy atom. The van der Waals surface area contributed by atoms with E-state index in [2.05, 4.69) is 33.8 Å². The van der Waals surface area contributed by atoms with E-state index in [0.29, 0.717) is 12.5 Å². The number of hydrogen-bond donors (Lipinski definition) is 1. The molecule has 4 aliphatic rings. The molecular weight excluding hydrogens is 288 g/mol. The zero-order valence-corrected chi connectivity index (χ0v) is 14.9. The Morgan fingerprint density at radius 3 is 2.74 bits per heavy atom.